The van der Waals surface area contributed by atoms with Crippen LogP contribution >= 0.6 is 0 Å². The molecule has 1 rings (SSSR count). The SMILES string of the molecule is C#CCNc1cc(C#N)ccn1. The van der Waals surface area contributed by atoms with Crippen LogP contribution in [0, 0.1) is 23.7 Å². The molecule has 0 bridgehead atoms. The number of aromatic nitrogens is 1. The molecule has 3 nitrogen and oxygen atoms in total. The number of pyridine rings is 1. The molecule has 0 radical (unpaired) electrons. The minimum absolute atomic E-state index is 0.419. The van der Waals surface area contributed by atoms with Gasteiger partial charge >= 0.3 is 0 Å². The van der Waals surface area contributed by atoms with Crippen LogP contribution in [0.4, 0.5) is 5.82 Å². The van der Waals surface area contributed by atoms with E-state index in [0.717, 1.165) is 0 Å². The van der Waals surface area contributed by atoms with Crippen molar-refractivity contribution >= 4 is 5.82 Å². The van der Waals surface area contributed by atoms with Gasteiger partial charge in [-0.05, 0) is 12.1 Å². The molecule has 0 saturated heterocycles. The Morgan fingerprint density at radius 3 is 3.17 bits per heavy atom. The third kappa shape index (κ3) is 2.00. The Hall–Kier alpha value is -2.00. The molecule has 3 heteroatoms. The van der Waals surface area contributed by atoms with E-state index in [1.54, 1.807) is 18.3 Å². The van der Waals surface area contributed by atoms with Gasteiger partial charge in [0.05, 0.1) is 18.2 Å². The summed E-state index contributed by atoms with van der Waals surface area (Å²) in [6.45, 7) is 0.419. The Morgan fingerprint density at radius 2 is 2.50 bits per heavy atom. The van der Waals surface area contributed by atoms with Crippen LogP contribution in [0.5, 0.6) is 0 Å². The Labute approximate surface area is 71.1 Å². The third-order valence-corrected chi connectivity index (χ3v) is 1.26. The van der Waals surface area contributed by atoms with Gasteiger partial charge in [0.25, 0.3) is 0 Å². The summed E-state index contributed by atoms with van der Waals surface area (Å²) in [5.74, 6) is 3.05. The molecule has 1 aromatic heterocycles. The normalized spacial score (nSPS) is 8.17. The van der Waals surface area contributed by atoms with Gasteiger partial charge in [0, 0.05) is 6.20 Å². The number of terminal acetylenes is 1. The minimum atomic E-state index is 0.419. The van der Waals surface area contributed by atoms with Crippen molar-refractivity contribution in [3.8, 4) is 18.4 Å². The van der Waals surface area contributed by atoms with Gasteiger partial charge in [-0.3, -0.25) is 0 Å². The van der Waals surface area contributed by atoms with Gasteiger partial charge in [-0.2, -0.15) is 5.26 Å². The summed E-state index contributed by atoms with van der Waals surface area (Å²) in [7, 11) is 0. The first-order valence-corrected chi connectivity index (χ1v) is 3.40. The molecule has 58 valence electrons. The van der Waals surface area contributed by atoms with Crippen LogP contribution in [-0.2, 0) is 0 Å². The Bertz CT molecular complexity index is 344. The van der Waals surface area contributed by atoms with E-state index in [4.69, 9.17) is 11.7 Å². The van der Waals surface area contributed by atoms with E-state index >= 15 is 0 Å². The predicted octanol–water partition coefficient (Wildman–Crippen LogP) is 0.998. The highest BCUT2D eigenvalue weighted by molar-refractivity contribution is 5.42. The minimum Gasteiger partial charge on any atom is -0.359 e. The highest BCUT2D eigenvalue weighted by Crippen LogP contribution is 2.04. The molecule has 0 amide bonds. The van der Waals surface area contributed by atoms with Crippen LogP contribution in [0.25, 0.3) is 0 Å². The Morgan fingerprint density at radius 1 is 1.67 bits per heavy atom. The van der Waals surface area contributed by atoms with E-state index in [2.05, 4.69) is 16.2 Å². The second-order valence-corrected chi connectivity index (χ2v) is 2.10. The lowest BCUT2D eigenvalue weighted by Crippen LogP contribution is -2.00. The molecule has 1 heterocycles. The number of rotatable bonds is 2. The van der Waals surface area contributed by atoms with E-state index in [9.17, 15) is 0 Å². The molecule has 0 spiro atoms. The second-order valence-electron chi connectivity index (χ2n) is 2.10. The monoisotopic (exact) mass is 157 g/mol. The average molecular weight is 157 g/mol. The standard InChI is InChI=1S/C9H7N3/c1-2-4-11-9-6-8(7-10)3-5-12-9/h1,3,5-6H,4H2,(H,11,12). The van der Waals surface area contributed by atoms with Gasteiger partial charge < -0.3 is 5.32 Å². The van der Waals surface area contributed by atoms with E-state index in [-0.39, 0.29) is 0 Å². The van der Waals surface area contributed by atoms with Crippen LogP contribution < -0.4 is 5.32 Å². The van der Waals surface area contributed by atoms with Gasteiger partial charge in [0.15, 0.2) is 0 Å². The molecular formula is C9H7N3. The first-order valence-electron chi connectivity index (χ1n) is 3.40. The lowest BCUT2D eigenvalue weighted by molar-refractivity contribution is 1.24. The van der Waals surface area contributed by atoms with E-state index in [1.165, 1.54) is 0 Å². The number of nitrogens with zero attached hydrogens (tertiary/aromatic N) is 2. The summed E-state index contributed by atoms with van der Waals surface area (Å²) in [6.07, 6.45) is 6.61. The fraction of sp³-hybridized carbons (Fsp3) is 0.111. The molecule has 0 aliphatic heterocycles. The molecule has 0 fully saturated rings. The summed E-state index contributed by atoms with van der Waals surface area (Å²) < 4.78 is 0. The first kappa shape index (κ1) is 8.10. The van der Waals surface area contributed by atoms with Gasteiger partial charge in [-0.1, -0.05) is 5.92 Å². The number of hydrogen-bond donors (Lipinski definition) is 1. The van der Waals surface area contributed by atoms with Crippen molar-refractivity contribution in [2.45, 2.75) is 0 Å². The van der Waals surface area contributed by atoms with Crippen molar-refractivity contribution in [1.82, 2.24) is 4.98 Å². The van der Waals surface area contributed by atoms with Crippen molar-refractivity contribution in [2.24, 2.45) is 0 Å². The van der Waals surface area contributed by atoms with Crippen LogP contribution in [0.15, 0.2) is 18.3 Å². The number of nitriles is 1. The predicted molar refractivity (Wildman–Crippen MR) is 46.3 cm³/mol. The Kier molecular flexibility index (Phi) is 2.70. The molecule has 0 saturated carbocycles. The molecule has 0 aliphatic rings. The van der Waals surface area contributed by atoms with Crippen molar-refractivity contribution in [1.29, 1.82) is 5.26 Å². The van der Waals surface area contributed by atoms with E-state index < -0.39 is 0 Å². The zero-order valence-corrected chi connectivity index (χ0v) is 6.41. The number of anilines is 1. The van der Waals surface area contributed by atoms with Crippen molar-refractivity contribution in [3.63, 3.8) is 0 Å². The van der Waals surface area contributed by atoms with E-state index in [1.807, 2.05) is 6.07 Å². The second kappa shape index (κ2) is 4.00. The molecule has 12 heavy (non-hydrogen) atoms. The average Bonchev–Trinajstić information content (AvgIpc) is 2.15. The smallest absolute Gasteiger partial charge is 0.127 e. The van der Waals surface area contributed by atoms with Crippen LogP contribution in [0.2, 0.25) is 0 Å². The summed E-state index contributed by atoms with van der Waals surface area (Å²) in [4.78, 5) is 3.97. The van der Waals surface area contributed by atoms with Crippen LogP contribution in [-0.4, -0.2) is 11.5 Å². The molecule has 0 atom stereocenters. The zero-order chi connectivity index (χ0) is 8.81. The largest absolute Gasteiger partial charge is 0.359 e. The third-order valence-electron chi connectivity index (χ3n) is 1.26. The summed E-state index contributed by atoms with van der Waals surface area (Å²) in [6, 6.07) is 5.30. The topological polar surface area (TPSA) is 48.7 Å². The number of hydrogen-bond acceptors (Lipinski definition) is 3. The van der Waals surface area contributed by atoms with Gasteiger partial charge in [-0.25, -0.2) is 4.98 Å². The molecule has 0 aromatic carbocycles. The summed E-state index contributed by atoms with van der Waals surface area (Å²) >= 11 is 0. The van der Waals surface area contributed by atoms with Crippen molar-refractivity contribution in [3.05, 3.63) is 23.9 Å². The molecule has 0 aliphatic carbocycles. The Balaban J connectivity index is 2.76. The molecular weight excluding hydrogens is 150 g/mol. The quantitative estimate of drug-likeness (QED) is 0.651. The lowest BCUT2D eigenvalue weighted by atomic mass is 10.3. The summed E-state index contributed by atoms with van der Waals surface area (Å²) in [5.41, 5.74) is 0.574. The van der Waals surface area contributed by atoms with Crippen molar-refractivity contribution in [2.75, 3.05) is 11.9 Å². The van der Waals surface area contributed by atoms with Gasteiger partial charge in [0.2, 0.25) is 0 Å². The molecule has 0 unspecified atom stereocenters. The van der Waals surface area contributed by atoms with Crippen LogP contribution in [0.3, 0.4) is 0 Å². The number of nitrogens with one attached hydrogen (secondary N) is 1. The van der Waals surface area contributed by atoms with Crippen molar-refractivity contribution < 1.29 is 0 Å². The molecule has 1 aromatic rings. The molecule has 1 N–H and O–H groups in total. The lowest BCUT2D eigenvalue weighted by Gasteiger charge is -1.99. The van der Waals surface area contributed by atoms with Crippen LogP contribution in [0.1, 0.15) is 5.56 Å². The van der Waals surface area contributed by atoms with E-state index in [0.29, 0.717) is 17.9 Å². The summed E-state index contributed by atoms with van der Waals surface area (Å²) in [5, 5.41) is 11.4. The maximum absolute atomic E-state index is 8.54. The maximum atomic E-state index is 8.54. The fourth-order valence-electron chi connectivity index (χ4n) is 0.738. The zero-order valence-electron chi connectivity index (χ0n) is 6.41. The highest BCUT2D eigenvalue weighted by atomic mass is 15.0. The van der Waals surface area contributed by atoms with Gasteiger partial charge in [0.1, 0.15) is 5.82 Å². The van der Waals surface area contributed by atoms with Gasteiger partial charge in [-0.15, -0.1) is 6.42 Å². The highest BCUT2D eigenvalue weighted by Gasteiger charge is 1.93. The maximum Gasteiger partial charge on any atom is 0.127 e. The first-order chi connectivity index (χ1) is 5.86. The fourth-order valence-corrected chi connectivity index (χ4v) is 0.738.